The third-order valence-corrected chi connectivity index (χ3v) is 7.03. The number of aromatic nitrogens is 2. The van der Waals surface area contributed by atoms with Gasteiger partial charge in [0.2, 0.25) is 5.82 Å². The lowest BCUT2D eigenvalue weighted by molar-refractivity contribution is 0.396. The van der Waals surface area contributed by atoms with Crippen molar-refractivity contribution in [3.8, 4) is 11.4 Å². The molecule has 0 saturated heterocycles. The molecule has 1 N–H and O–H groups in total. The van der Waals surface area contributed by atoms with Crippen LogP contribution in [0.15, 0.2) is 95.1 Å². The summed E-state index contributed by atoms with van der Waals surface area (Å²) in [5, 5.41) is 8.59. The normalized spacial score (nSPS) is 15.8. The van der Waals surface area contributed by atoms with Crippen LogP contribution in [0.4, 0.5) is 0 Å². The Morgan fingerprint density at radius 3 is 2.31 bits per heavy atom. The maximum atomic E-state index is 5.87. The molecule has 0 radical (unpaired) electrons. The van der Waals surface area contributed by atoms with Crippen LogP contribution in [0.3, 0.4) is 0 Å². The summed E-state index contributed by atoms with van der Waals surface area (Å²) in [6.45, 7) is 5.05. The standard InChI is InChI=1S/C30H30N4OS/c1-3-22-16-18-25(19-17-22)28-32-29(35-33-28)26-21(2)34(20-10-13-23-11-6-4-7-12-23)30(36)31-27(26)24-14-8-5-9-15-24/h4-9,11-12,14-19,27H,3,10,13,20H2,1-2H3,(H,31,36). The van der Waals surface area contributed by atoms with E-state index < -0.39 is 0 Å². The molecule has 5 nitrogen and oxygen atoms in total. The van der Waals surface area contributed by atoms with E-state index in [2.05, 4.69) is 77.8 Å². The number of hydrogen-bond donors (Lipinski definition) is 1. The second kappa shape index (κ2) is 10.9. The van der Waals surface area contributed by atoms with Gasteiger partial charge in [0.15, 0.2) is 5.11 Å². The summed E-state index contributed by atoms with van der Waals surface area (Å²) < 4.78 is 5.87. The predicted molar refractivity (Wildman–Crippen MR) is 148 cm³/mol. The van der Waals surface area contributed by atoms with Crippen molar-refractivity contribution >= 4 is 22.9 Å². The smallest absolute Gasteiger partial charge is 0.258 e. The van der Waals surface area contributed by atoms with Crippen LogP contribution < -0.4 is 5.32 Å². The third kappa shape index (κ3) is 5.09. The molecule has 1 aliphatic heterocycles. The Morgan fingerprint density at radius 2 is 1.61 bits per heavy atom. The molecule has 36 heavy (non-hydrogen) atoms. The molecule has 0 spiro atoms. The van der Waals surface area contributed by atoms with Crippen molar-refractivity contribution in [1.29, 1.82) is 0 Å². The van der Waals surface area contributed by atoms with Crippen molar-refractivity contribution in [2.45, 2.75) is 39.2 Å². The molecule has 0 aliphatic carbocycles. The van der Waals surface area contributed by atoms with Crippen molar-refractivity contribution in [3.63, 3.8) is 0 Å². The highest BCUT2D eigenvalue weighted by Crippen LogP contribution is 2.37. The average molecular weight is 495 g/mol. The van der Waals surface area contributed by atoms with Crippen molar-refractivity contribution < 1.29 is 4.52 Å². The van der Waals surface area contributed by atoms with Gasteiger partial charge in [0.05, 0.1) is 11.6 Å². The number of allylic oxidation sites excluding steroid dienone is 1. The Morgan fingerprint density at radius 1 is 0.917 bits per heavy atom. The fourth-order valence-electron chi connectivity index (χ4n) is 4.65. The van der Waals surface area contributed by atoms with Gasteiger partial charge in [-0.1, -0.05) is 97.0 Å². The zero-order chi connectivity index (χ0) is 24.9. The van der Waals surface area contributed by atoms with Gasteiger partial charge < -0.3 is 14.7 Å². The maximum absolute atomic E-state index is 5.87. The van der Waals surface area contributed by atoms with Crippen molar-refractivity contribution in [3.05, 3.63) is 113 Å². The Labute approximate surface area is 217 Å². The molecule has 6 heteroatoms. The first-order valence-corrected chi connectivity index (χ1v) is 12.9. The molecule has 1 aliphatic rings. The first-order valence-electron chi connectivity index (χ1n) is 12.4. The van der Waals surface area contributed by atoms with Gasteiger partial charge in [-0.05, 0) is 55.1 Å². The summed E-state index contributed by atoms with van der Waals surface area (Å²) in [6.07, 6.45) is 2.96. The number of nitrogens with one attached hydrogen (secondary N) is 1. The van der Waals surface area contributed by atoms with Crippen LogP contribution >= 0.6 is 12.2 Å². The van der Waals surface area contributed by atoms with Gasteiger partial charge in [0.25, 0.3) is 5.89 Å². The van der Waals surface area contributed by atoms with Crippen LogP contribution in [0.2, 0.25) is 0 Å². The van der Waals surface area contributed by atoms with Crippen LogP contribution in [0, 0.1) is 0 Å². The van der Waals surface area contributed by atoms with Gasteiger partial charge in [0.1, 0.15) is 0 Å². The van der Waals surface area contributed by atoms with E-state index in [0.29, 0.717) is 16.8 Å². The number of nitrogens with zero attached hydrogens (tertiary/aromatic N) is 3. The summed E-state index contributed by atoms with van der Waals surface area (Å²) in [4.78, 5) is 6.99. The molecule has 182 valence electrons. The molecule has 4 aromatic rings. The molecule has 2 heterocycles. The molecule has 0 saturated carbocycles. The molecule has 1 unspecified atom stereocenters. The first kappa shape index (κ1) is 23.9. The lowest BCUT2D eigenvalue weighted by atomic mass is 9.94. The zero-order valence-electron chi connectivity index (χ0n) is 20.6. The molecule has 0 amide bonds. The fourth-order valence-corrected chi connectivity index (χ4v) is 4.99. The lowest BCUT2D eigenvalue weighted by Crippen LogP contribution is -2.46. The van der Waals surface area contributed by atoms with Gasteiger partial charge >= 0.3 is 0 Å². The molecule has 1 aromatic heterocycles. The van der Waals surface area contributed by atoms with Gasteiger partial charge in [-0.2, -0.15) is 4.98 Å². The minimum absolute atomic E-state index is 0.167. The van der Waals surface area contributed by atoms with Crippen LogP contribution in [-0.2, 0) is 12.8 Å². The second-order valence-electron chi connectivity index (χ2n) is 9.01. The SMILES string of the molecule is CCc1ccc(-c2noc(C3=C(C)N(CCCc4ccccc4)C(=S)NC3c3ccccc3)n2)cc1. The fraction of sp³-hybridized carbons (Fsp3) is 0.233. The topological polar surface area (TPSA) is 54.2 Å². The number of rotatable bonds is 8. The molecular formula is C30H30N4OS. The van der Waals surface area contributed by atoms with Crippen LogP contribution in [0.5, 0.6) is 0 Å². The minimum atomic E-state index is -0.167. The van der Waals surface area contributed by atoms with Crippen molar-refractivity contribution in [1.82, 2.24) is 20.4 Å². The highest BCUT2D eigenvalue weighted by molar-refractivity contribution is 7.80. The summed E-state index contributed by atoms with van der Waals surface area (Å²) >= 11 is 5.83. The Hall–Kier alpha value is -3.77. The maximum Gasteiger partial charge on any atom is 0.258 e. The van der Waals surface area contributed by atoms with E-state index in [4.69, 9.17) is 21.7 Å². The number of hydrogen-bond acceptors (Lipinski definition) is 4. The van der Waals surface area contributed by atoms with E-state index in [1.165, 1.54) is 11.1 Å². The largest absolute Gasteiger partial charge is 0.351 e. The zero-order valence-corrected chi connectivity index (χ0v) is 21.5. The van der Waals surface area contributed by atoms with Gasteiger partial charge in [-0.15, -0.1) is 0 Å². The number of benzene rings is 3. The Kier molecular flexibility index (Phi) is 7.23. The van der Waals surface area contributed by atoms with Gasteiger partial charge in [0, 0.05) is 17.8 Å². The van der Waals surface area contributed by atoms with E-state index >= 15 is 0 Å². The summed E-state index contributed by atoms with van der Waals surface area (Å²) in [5.41, 5.74) is 6.64. The van der Waals surface area contributed by atoms with Crippen LogP contribution in [-0.4, -0.2) is 26.7 Å². The van der Waals surface area contributed by atoms with E-state index in [1.807, 2.05) is 36.4 Å². The van der Waals surface area contributed by atoms with Crippen molar-refractivity contribution in [2.75, 3.05) is 6.54 Å². The van der Waals surface area contributed by atoms with Crippen LogP contribution in [0.25, 0.3) is 17.0 Å². The predicted octanol–water partition coefficient (Wildman–Crippen LogP) is 6.59. The summed E-state index contributed by atoms with van der Waals surface area (Å²) in [5.74, 6) is 1.10. The first-order chi connectivity index (χ1) is 17.6. The summed E-state index contributed by atoms with van der Waals surface area (Å²) in [7, 11) is 0. The second-order valence-corrected chi connectivity index (χ2v) is 9.39. The molecule has 0 fully saturated rings. The van der Waals surface area contributed by atoms with E-state index in [1.54, 1.807) is 0 Å². The van der Waals surface area contributed by atoms with E-state index in [-0.39, 0.29) is 6.04 Å². The number of thiocarbonyl (C=S) groups is 1. The molecule has 0 bridgehead atoms. The highest BCUT2D eigenvalue weighted by Gasteiger charge is 2.33. The van der Waals surface area contributed by atoms with Gasteiger partial charge in [-0.3, -0.25) is 0 Å². The average Bonchev–Trinajstić information content (AvgIpc) is 3.41. The summed E-state index contributed by atoms with van der Waals surface area (Å²) in [6, 6.07) is 29.0. The molecule has 5 rings (SSSR count). The lowest BCUT2D eigenvalue weighted by Gasteiger charge is -2.37. The Balaban J connectivity index is 1.47. The minimum Gasteiger partial charge on any atom is -0.351 e. The number of aryl methyl sites for hydroxylation is 2. The highest BCUT2D eigenvalue weighted by atomic mass is 32.1. The molecule has 1 atom stereocenters. The van der Waals surface area contributed by atoms with Crippen molar-refractivity contribution in [2.24, 2.45) is 0 Å². The molecular weight excluding hydrogens is 464 g/mol. The quantitative estimate of drug-likeness (QED) is 0.279. The molecule has 3 aromatic carbocycles. The van der Waals surface area contributed by atoms with Crippen LogP contribution in [0.1, 0.15) is 48.9 Å². The third-order valence-electron chi connectivity index (χ3n) is 6.70. The van der Waals surface area contributed by atoms with Gasteiger partial charge in [-0.25, -0.2) is 0 Å². The Bertz CT molecular complexity index is 1350. The van der Waals surface area contributed by atoms with E-state index in [0.717, 1.165) is 48.2 Å². The monoisotopic (exact) mass is 494 g/mol. The van der Waals surface area contributed by atoms with E-state index in [9.17, 15) is 0 Å².